The number of thioether (sulfide) groups is 1. The van der Waals surface area contributed by atoms with Crippen LogP contribution in [0.2, 0.25) is 0 Å². The van der Waals surface area contributed by atoms with E-state index in [9.17, 15) is 4.79 Å². The largest absolute Gasteiger partial charge is 0.441 e. The molecule has 5 heteroatoms. The summed E-state index contributed by atoms with van der Waals surface area (Å²) < 4.78 is 5.86. The third-order valence-electron chi connectivity index (χ3n) is 6.17. The van der Waals surface area contributed by atoms with Crippen molar-refractivity contribution in [3.05, 3.63) is 77.2 Å². The number of oxazole rings is 1. The van der Waals surface area contributed by atoms with Crippen molar-refractivity contribution in [2.45, 2.75) is 45.4 Å². The van der Waals surface area contributed by atoms with Crippen LogP contribution in [0.4, 0.5) is 0 Å². The number of aromatic nitrogens is 1. The molecule has 1 fully saturated rings. The number of Topliss-reactive ketones (excluding diaryl/α,β-unsaturated/α-hetero) is 1. The lowest BCUT2D eigenvalue weighted by atomic mass is 9.92. The summed E-state index contributed by atoms with van der Waals surface area (Å²) in [5.41, 5.74) is 4.51. The first-order valence-electron chi connectivity index (χ1n) is 11.5. The lowest BCUT2D eigenvalue weighted by Crippen LogP contribution is -2.34. The van der Waals surface area contributed by atoms with E-state index >= 15 is 0 Å². The molecule has 32 heavy (non-hydrogen) atoms. The van der Waals surface area contributed by atoms with E-state index in [1.54, 1.807) is 11.8 Å². The Balaban J connectivity index is 1.18. The summed E-state index contributed by atoms with van der Waals surface area (Å²) in [4.78, 5) is 19.7. The van der Waals surface area contributed by atoms with E-state index in [1.807, 2.05) is 19.1 Å². The number of piperidine rings is 1. The molecular formula is C27H32N2O2S. The molecule has 1 aromatic heterocycles. The summed E-state index contributed by atoms with van der Waals surface area (Å²) >= 11 is 1.65. The molecule has 4 rings (SSSR count). The van der Waals surface area contributed by atoms with Crippen molar-refractivity contribution in [2.24, 2.45) is 5.92 Å². The zero-order chi connectivity index (χ0) is 22.3. The van der Waals surface area contributed by atoms with Gasteiger partial charge in [0.1, 0.15) is 11.5 Å². The minimum absolute atomic E-state index is 0.358. The van der Waals surface area contributed by atoms with E-state index in [0.29, 0.717) is 35.5 Å². The van der Waals surface area contributed by atoms with Gasteiger partial charge in [-0.1, -0.05) is 48.0 Å². The number of hydrogen-bond donors (Lipinski definition) is 0. The lowest BCUT2D eigenvalue weighted by molar-refractivity contribution is -0.117. The number of carbonyl (C=O) groups is 1. The number of hydrogen-bond acceptors (Lipinski definition) is 5. The van der Waals surface area contributed by atoms with Crippen molar-refractivity contribution in [1.82, 2.24) is 9.88 Å². The van der Waals surface area contributed by atoms with Crippen LogP contribution in [0.15, 0.2) is 59.0 Å². The van der Waals surface area contributed by atoms with Crippen LogP contribution in [0.1, 0.15) is 41.8 Å². The molecule has 0 amide bonds. The highest BCUT2D eigenvalue weighted by molar-refractivity contribution is 7.99. The predicted molar refractivity (Wildman–Crippen MR) is 132 cm³/mol. The lowest BCUT2D eigenvalue weighted by Gasteiger charge is -2.31. The SMILES string of the molecule is Cc1ccc(-c2nc(CSCC(=O)CC3CCN(Cc4ccccc4)CC3)c(C)o2)cc1. The van der Waals surface area contributed by atoms with Gasteiger partial charge in [-0.3, -0.25) is 9.69 Å². The van der Waals surface area contributed by atoms with Gasteiger partial charge < -0.3 is 4.42 Å². The topological polar surface area (TPSA) is 46.3 Å². The second-order valence-corrected chi connectivity index (χ2v) is 9.81. The molecular weight excluding hydrogens is 416 g/mol. The van der Waals surface area contributed by atoms with Gasteiger partial charge in [0.25, 0.3) is 0 Å². The quantitative estimate of drug-likeness (QED) is 0.398. The molecule has 0 N–H and O–H groups in total. The molecule has 0 spiro atoms. The third kappa shape index (κ3) is 6.33. The first-order valence-corrected chi connectivity index (χ1v) is 12.6. The smallest absolute Gasteiger partial charge is 0.226 e. The van der Waals surface area contributed by atoms with Gasteiger partial charge in [0.2, 0.25) is 5.89 Å². The fourth-order valence-corrected chi connectivity index (χ4v) is 5.12. The summed E-state index contributed by atoms with van der Waals surface area (Å²) in [6.45, 7) is 7.20. The molecule has 1 aliphatic rings. The van der Waals surface area contributed by atoms with Gasteiger partial charge in [0.05, 0.1) is 11.4 Å². The Kier molecular flexibility index (Phi) is 7.82. The van der Waals surface area contributed by atoms with Crippen LogP contribution in [-0.2, 0) is 17.1 Å². The van der Waals surface area contributed by atoms with E-state index in [2.05, 4.69) is 59.3 Å². The molecule has 1 aliphatic heterocycles. The molecule has 0 unspecified atom stereocenters. The van der Waals surface area contributed by atoms with E-state index in [1.165, 1.54) is 11.1 Å². The first-order chi connectivity index (χ1) is 15.6. The number of carbonyl (C=O) groups excluding carboxylic acids is 1. The molecule has 3 aromatic rings. The van der Waals surface area contributed by atoms with Crippen molar-refractivity contribution in [3.63, 3.8) is 0 Å². The van der Waals surface area contributed by atoms with Crippen molar-refractivity contribution < 1.29 is 9.21 Å². The van der Waals surface area contributed by atoms with Gasteiger partial charge >= 0.3 is 0 Å². The van der Waals surface area contributed by atoms with Crippen LogP contribution < -0.4 is 0 Å². The minimum atomic E-state index is 0.358. The molecule has 2 heterocycles. The first kappa shape index (κ1) is 22.8. The van der Waals surface area contributed by atoms with Crippen molar-refractivity contribution in [3.8, 4) is 11.5 Å². The van der Waals surface area contributed by atoms with Crippen LogP contribution >= 0.6 is 11.8 Å². The number of ketones is 1. The van der Waals surface area contributed by atoms with Gasteiger partial charge in [0.15, 0.2) is 0 Å². The maximum atomic E-state index is 12.5. The fraction of sp³-hybridized carbons (Fsp3) is 0.407. The molecule has 0 radical (unpaired) electrons. The van der Waals surface area contributed by atoms with Crippen molar-refractivity contribution in [1.29, 1.82) is 0 Å². The predicted octanol–water partition coefficient (Wildman–Crippen LogP) is 6.06. The number of likely N-dealkylation sites (tertiary alicyclic amines) is 1. The standard InChI is InChI=1S/C27H32N2O2S/c1-20-8-10-24(11-9-20)27-28-26(21(2)31-27)19-32-18-25(30)16-22-12-14-29(15-13-22)17-23-6-4-3-5-7-23/h3-11,22H,12-19H2,1-2H3. The average Bonchev–Trinajstić information content (AvgIpc) is 3.17. The average molecular weight is 449 g/mol. The Bertz CT molecular complexity index is 1010. The van der Waals surface area contributed by atoms with E-state index < -0.39 is 0 Å². The van der Waals surface area contributed by atoms with Gasteiger partial charge in [0, 0.05) is 24.3 Å². The zero-order valence-electron chi connectivity index (χ0n) is 19.0. The van der Waals surface area contributed by atoms with E-state index in [0.717, 1.165) is 49.5 Å². The van der Waals surface area contributed by atoms with Crippen molar-refractivity contribution >= 4 is 17.5 Å². The summed E-state index contributed by atoms with van der Waals surface area (Å²) in [7, 11) is 0. The monoisotopic (exact) mass is 448 g/mol. The fourth-order valence-electron chi connectivity index (χ4n) is 4.21. The molecule has 4 nitrogen and oxygen atoms in total. The Labute approximate surface area is 195 Å². The molecule has 0 atom stereocenters. The van der Waals surface area contributed by atoms with E-state index in [-0.39, 0.29) is 0 Å². The number of aryl methyl sites for hydroxylation is 2. The Morgan fingerprint density at radius 3 is 2.50 bits per heavy atom. The van der Waals surface area contributed by atoms with Crippen LogP contribution in [0.5, 0.6) is 0 Å². The summed E-state index contributed by atoms with van der Waals surface area (Å²) in [6.07, 6.45) is 2.94. The van der Waals surface area contributed by atoms with Crippen LogP contribution in [0.3, 0.4) is 0 Å². The summed E-state index contributed by atoms with van der Waals surface area (Å²) in [5.74, 6) is 3.64. The molecule has 0 saturated carbocycles. The van der Waals surface area contributed by atoms with Crippen molar-refractivity contribution in [2.75, 3.05) is 18.8 Å². The van der Waals surface area contributed by atoms with Crippen LogP contribution in [0, 0.1) is 19.8 Å². The molecule has 2 aromatic carbocycles. The third-order valence-corrected chi connectivity index (χ3v) is 7.17. The Morgan fingerprint density at radius 1 is 1.06 bits per heavy atom. The maximum absolute atomic E-state index is 12.5. The Morgan fingerprint density at radius 2 is 1.78 bits per heavy atom. The number of benzene rings is 2. The Hall–Kier alpha value is -2.37. The maximum Gasteiger partial charge on any atom is 0.226 e. The van der Waals surface area contributed by atoms with Crippen LogP contribution in [0.25, 0.3) is 11.5 Å². The second kappa shape index (κ2) is 11.0. The molecule has 0 aliphatic carbocycles. The molecule has 168 valence electrons. The summed E-state index contributed by atoms with van der Waals surface area (Å²) in [5, 5.41) is 0. The number of rotatable bonds is 9. The zero-order valence-corrected chi connectivity index (χ0v) is 19.9. The van der Waals surface area contributed by atoms with Gasteiger partial charge in [-0.25, -0.2) is 4.98 Å². The van der Waals surface area contributed by atoms with Gasteiger partial charge in [-0.2, -0.15) is 0 Å². The van der Waals surface area contributed by atoms with E-state index in [4.69, 9.17) is 4.42 Å². The highest BCUT2D eigenvalue weighted by Crippen LogP contribution is 2.26. The summed E-state index contributed by atoms with van der Waals surface area (Å²) in [6, 6.07) is 18.8. The van der Waals surface area contributed by atoms with Gasteiger partial charge in [-0.05, 0) is 63.4 Å². The van der Waals surface area contributed by atoms with Gasteiger partial charge in [-0.15, -0.1) is 11.8 Å². The minimum Gasteiger partial charge on any atom is -0.441 e. The van der Waals surface area contributed by atoms with Crippen LogP contribution in [-0.4, -0.2) is 34.5 Å². The molecule has 1 saturated heterocycles. The highest BCUT2D eigenvalue weighted by Gasteiger charge is 2.21. The number of nitrogens with zero attached hydrogens (tertiary/aromatic N) is 2. The normalized spacial score (nSPS) is 15.2. The highest BCUT2D eigenvalue weighted by atomic mass is 32.2. The molecule has 0 bridgehead atoms. The second-order valence-electron chi connectivity index (χ2n) is 8.83.